The zero-order valence-electron chi connectivity index (χ0n) is 13.2. The minimum absolute atomic E-state index is 0.136. The monoisotopic (exact) mass is 314 g/mol. The van der Waals surface area contributed by atoms with Gasteiger partial charge in [0, 0.05) is 25.2 Å². The first-order valence-corrected chi connectivity index (χ1v) is 7.89. The Labute approximate surface area is 135 Å². The second-order valence-corrected chi connectivity index (χ2v) is 5.84. The van der Waals surface area contributed by atoms with Crippen LogP contribution in [0.5, 0.6) is 0 Å². The molecule has 122 valence electrons. The van der Waals surface area contributed by atoms with Gasteiger partial charge in [0.05, 0.1) is 25.0 Å². The predicted octanol–water partition coefficient (Wildman–Crippen LogP) is 2.94. The summed E-state index contributed by atoms with van der Waals surface area (Å²) >= 11 is 0. The maximum Gasteiger partial charge on any atom is 0.319 e. The van der Waals surface area contributed by atoms with E-state index in [1.807, 2.05) is 36.8 Å². The molecule has 0 radical (unpaired) electrons. The maximum atomic E-state index is 12.2. The van der Waals surface area contributed by atoms with Crippen LogP contribution in [0, 0.1) is 0 Å². The average molecular weight is 314 g/mol. The number of nitrogens with one attached hydrogen (secondary N) is 2. The molecule has 6 heteroatoms. The predicted molar refractivity (Wildman–Crippen MR) is 88.2 cm³/mol. The first-order chi connectivity index (χ1) is 11.3. The fourth-order valence-corrected chi connectivity index (χ4v) is 3.12. The first kappa shape index (κ1) is 15.6. The van der Waals surface area contributed by atoms with E-state index in [9.17, 15) is 4.79 Å². The average Bonchev–Trinajstić information content (AvgIpc) is 3.20. The van der Waals surface area contributed by atoms with E-state index in [2.05, 4.69) is 20.2 Å². The fraction of sp³-hybridized carbons (Fsp3) is 0.412. The van der Waals surface area contributed by atoms with E-state index in [-0.39, 0.29) is 18.1 Å². The second-order valence-electron chi connectivity index (χ2n) is 5.84. The van der Waals surface area contributed by atoms with Crippen LogP contribution in [0.15, 0.2) is 43.0 Å². The number of imidazole rings is 1. The molecule has 1 aliphatic carbocycles. The van der Waals surface area contributed by atoms with Crippen LogP contribution in [-0.4, -0.2) is 28.7 Å². The molecule has 2 aromatic rings. The number of amides is 2. The van der Waals surface area contributed by atoms with Gasteiger partial charge in [-0.25, -0.2) is 9.78 Å². The summed E-state index contributed by atoms with van der Waals surface area (Å²) in [5, 5.41) is 5.97. The van der Waals surface area contributed by atoms with Gasteiger partial charge in [-0.2, -0.15) is 0 Å². The third-order valence-electron chi connectivity index (χ3n) is 4.23. The van der Waals surface area contributed by atoms with Crippen LogP contribution < -0.4 is 10.6 Å². The number of rotatable bonds is 5. The molecule has 1 aromatic carbocycles. The van der Waals surface area contributed by atoms with Crippen molar-refractivity contribution >= 4 is 11.7 Å². The number of ether oxygens (including phenoxy) is 1. The highest BCUT2D eigenvalue weighted by Gasteiger charge is 2.29. The summed E-state index contributed by atoms with van der Waals surface area (Å²) in [7, 11) is 1.66. The van der Waals surface area contributed by atoms with Crippen molar-refractivity contribution in [3.8, 4) is 0 Å². The topological polar surface area (TPSA) is 68.2 Å². The van der Waals surface area contributed by atoms with Gasteiger partial charge in [-0.15, -0.1) is 0 Å². The van der Waals surface area contributed by atoms with Gasteiger partial charge in [-0.1, -0.05) is 12.1 Å². The molecule has 1 fully saturated rings. The zero-order valence-corrected chi connectivity index (χ0v) is 13.2. The van der Waals surface area contributed by atoms with E-state index in [1.165, 1.54) is 0 Å². The van der Waals surface area contributed by atoms with Crippen LogP contribution in [-0.2, 0) is 11.3 Å². The molecule has 1 saturated carbocycles. The Morgan fingerprint density at radius 3 is 2.87 bits per heavy atom. The van der Waals surface area contributed by atoms with E-state index in [4.69, 9.17) is 4.74 Å². The number of aromatic nitrogens is 2. The molecule has 0 unspecified atom stereocenters. The minimum atomic E-state index is -0.165. The highest BCUT2D eigenvalue weighted by Crippen LogP contribution is 2.29. The third kappa shape index (κ3) is 3.90. The molecular weight excluding hydrogens is 292 g/mol. The first-order valence-electron chi connectivity index (χ1n) is 7.89. The Hall–Kier alpha value is -2.34. The molecule has 2 atom stereocenters. The SMILES string of the molecule is COCc1ccc(NC(=O)N[C@@H]2CCC[C@@H]2n2ccnc2)cc1. The number of anilines is 1. The maximum absolute atomic E-state index is 12.2. The van der Waals surface area contributed by atoms with Crippen LogP contribution in [0.4, 0.5) is 10.5 Å². The normalized spacial score (nSPS) is 20.4. The summed E-state index contributed by atoms with van der Waals surface area (Å²) in [4.78, 5) is 16.3. The number of hydrogen-bond donors (Lipinski definition) is 2. The van der Waals surface area contributed by atoms with Crippen molar-refractivity contribution < 1.29 is 9.53 Å². The summed E-state index contributed by atoms with van der Waals surface area (Å²) in [6, 6.07) is 7.92. The summed E-state index contributed by atoms with van der Waals surface area (Å²) in [5.74, 6) is 0. The van der Waals surface area contributed by atoms with Gasteiger partial charge in [-0.3, -0.25) is 0 Å². The van der Waals surface area contributed by atoms with Gasteiger partial charge in [0.1, 0.15) is 0 Å². The molecule has 2 amide bonds. The smallest absolute Gasteiger partial charge is 0.319 e. The van der Waals surface area contributed by atoms with Gasteiger partial charge in [-0.05, 0) is 37.0 Å². The van der Waals surface area contributed by atoms with Crippen molar-refractivity contribution in [2.75, 3.05) is 12.4 Å². The molecule has 0 bridgehead atoms. The van der Waals surface area contributed by atoms with Crippen molar-refractivity contribution in [1.82, 2.24) is 14.9 Å². The number of carbonyl (C=O) groups is 1. The van der Waals surface area contributed by atoms with Crippen LogP contribution in [0.2, 0.25) is 0 Å². The van der Waals surface area contributed by atoms with Gasteiger partial charge in [0.2, 0.25) is 0 Å². The molecule has 1 heterocycles. The number of hydrogen-bond acceptors (Lipinski definition) is 3. The summed E-state index contributed by atoms with van der Waals surface area (Å²) in [6.07, 6.45) is 8.71. The van der Waals surface area contributed by atoms with Crippen molar-refractivity contribution in [1.29, 1.82) is 0 Å². The lowest BCUT2D eigenvalue weighted by molar-refractivity contribution is 0.185. The number of carbonyl (C=O) groups excluding carboxylic acids is 1. The summed E-state index contributed by atoms with van der Waals surface area (Å²) in [6.45, 7) is 0.571. The Morgan fingerprint density at radius 2 is 2.17 bits per heavy atom. The Bertz CT molecular complexity index is 625. The minimum Gasteiger partial charge on any atom is -0.380 e. The molecule has 0 aliphatic heterocycles. The van der Waals surface area contributed by atoms with Crippen molar-refractivity contribution in [3.63, 3.8) is 0 Å². The van der Waals surface area contributed by atoms with Gasteiger partial charge >= 0.3 is 6.03 Å². The Morgan fingerprint density at radius 1 is 1.35 bits per heavy atom. The van der Waals surface area contributed by atoms with Crippen LogP contribution in [0.1, 0.15) is 30.9 Å². The number of nitrogens with zero attached hydrogens (tertiary/aromatic N) is 2. The number of urea groups is 1. The fourth-order valence-electron chi connectivity index (χ4n) is 3.12. The number of benzene rings is 1. The highest BCUT2D eigenvalue weighted by molar-refractivity contribution is 5.89. The molecule has 1 aromatic heterocycles. The van der Waals surface area contributed by atoms with E-state index in [0.29, 0.717) is 6.61 Å². The van der Waals surface area contributed by atoms with Crippen molar-refractivity contribution in [3.05, 3.63) is 48.5 Å². The van der Waals surface area contributed by atoms with Crippen LogP contribution in [0.25, 0.3) is 0 Å². The Kier molecular flexibility index (Phi) is 4.92. The molecule has 6 nitrogen and oxygen atoms in total. The standard InChI is InChI=1S/C17H22N4O2/c1-23-11-13-5-7-14(8-6-13)19-17(22)20-15-3-2-4-16(15)21-10-9-18-12-21/h5-10,12,15-16H,2-4,11H2,1H3,(H2,19,20,22)/t15-,16+/m1/s1. The van der Waals surface area contributed by atoms with E-state index >= 15 is 0 Å². The lowest BCUT2D eigenvalue weighted by Gasteiger charge is -2.22. The van der Waals surface area contributed by atoms with Gasteiger partial charge in [0.15, 0.2) is 0 Å². The van der Waals surface area contributed by atoms with E-state index in [0.717, 1.165) is 30.5 Å². The molecule has 0 spiro atoms. The van der Waals surface area contributed by atoms with Gasteiger partial charge < -0.3 is 19.9 Å². The second kappa shape index (κ2) is 7.28. The lowest BCUT2D eigenvalue weighted by Crippen LogP contribution is -2.40. The summed E-state index contributed by atoms with van der Waals surface area (Å²) in [5.41, 5.74) is 1.86. The number of methoxy groups -OCH3 is 1. The van der Waals surface area contributed by atoms with Gasteiger partial charge in [0.25, 0.3) is 0 Å². The van der Waals surface area contributed by atoms with E-state index in [1.54, 1.807) is 13.3 Å². The zero-order chi connectivity index (χ0) is 16.1. The Balaban J connectivity index is 1.56. The van der Waals surface area contributed by atoms with E-state index < -0.39 is 0 Å². The van der Waals surface area contributed by atoms with Crippen LogP contribution in [0.3, 0.4) is 0 Å². The van der Waals surface area contributed by atoms with Crippen LogP contribution >= 0.6 is 0 Å². The largest absolute Gasteiger partial charge is 0.380 e. The molecule has 2 N–H and O–H groups in total. The van der Waals surface area contributed by atoms with Crippen molar-refractivity contribution in [2.24, 2.45) is 0 Å². The molecule has 0 saturated heterocycles. The molecule has 23 heavy (non-hydrogen) atoms. The molecular formula is C17H22N4O2. The highest BCUT2D eigenvalue weighted by atomic mass is 16.5. The third-order valence-corrected chi connectivity index (χ3v) is 4.23. The quantitative estimate of drug-likeness (QED) is 0.891. The molecule has 3 rings (SSSR count). The molecule has 1 aliphatic rings. The van der Waals surface area contributed by atoms with Crippen molar-refractivity contribution in [2.45, 2.75) is 38.0 Å². The lowest BCUT2D eigenvalue weighted by atomic mass is 10.1. The summed E-state index contributed by atoms with van der Waals surface area (Å²) < 4.78 is 7.16.